The van der Waals surface area contributed by atoms with Crippen molar-refractivity contribution in [3.63, 3.8) is 0 Å². The summed E-state index contributed by atoms with van der Waals surface area (Å²) in [5.74, 6) is -1.09. The number of methoxy groups -OCH3 is 1. The summed E-state index contributed by atoms with van der Waals surface area (Å²) >= 11 is 0. The van der Waals surface area contributed by atoms with Gasteiger partial charge in [-0.3, -0.25) is 14.6 Å². The number of Topliss-reactive ketones (excluding diaryl/α,β-unsaturated/α-hetero) is 1. The minimum absolute atomic E-state index is 0.00156. The molecule has 4 rings (SSSR count). The maximum Gasteiger partial charge on any atom is 0.409 e. The van der Waals surface area contributed by atoms with Crippen LogP contribution in [0.2, 0.25) is 0 Å². The molecule has 1 aromatic heterocycles. The molecule has 1 unspecified atom stereocenters. The van der Waals surface area contributed by atoms with E-state index in [2.05, 4.69) is 4.98 Å². The zero-order valence-corrected chi connectivity index (χ0v) is 19.1. The first-order chi connectivity index (χ1) is 16.5. The maximum absolute atomic E-state index is 13.2. The zero-order chi connectivity index (χ0) is 24.2. The summed E-state index contributed by atoms with van der Waals surface area (Å²) in [6.45, 7) is 2.85. The van der Waals surface area contributed by atoms with Gasteiger partial charge in [-0.05, 0) is 56.2 Å². The first-order valence-electron chi connectivity index (χ1n) is 11.2. The van der Waals surface area contributed by atoms with Gasteiger partial charge in [0, 0.05) is 30.9 Å². The number of aliphatic hydroxyl groups excluding tert-OH is 1. The molecule has 1 N–H and O–H groups in total. The second-order valence-electron chi connectivity index (χ2n) is 8.11. The number of ketones is 1. The first kappa shape index (κ1) is 23.3. The van der Waals surface area contributed by atoms with Crippen LogP contribution in [-0.4, -0.2) is 70.5 Å². The van der Waals surface area contributed by atoms with Crippen LogP contribution in [0, 0.1) is 0 Å². The Bertz CT molecular complexity index is 1090. The molecule has 2 amide bonds. The fourth-order valence-corrected chi connectivity index (χ4v) is 4.50. The SMILES string of the molecule is CCOC(=O)N1CCC(N2C(=O)C(=O)/C(=C(/O)c3ccc(OC)cc3)C2c2ccccn2)CC1. The summed E-state index contributed by atoms with van der Waals surface area (Å²) < 4.78 is 10.2. The van der Waals surface area contributed by atoms with Crippen molar-refractivity contribution in [2.45, 2.75) is 31.8 Å². The Morgan fingerprint density at radius 1 is 1.12 bits per heavy atom. The zero-order valence-electron chi connectivity index (χ0n) is 19.1. The van der Waals surface area contributed by atoms with Crippen molar-refractivity contribution >= 4 is 23.5 Å². The van der Waals surface area contributed by atoms with Crippen LogP contribution in [0.5, 0.6) is 5.75 Å². The van der Waals surface area contributed by atoms with Gasteiger partial charge in [0.2, 0.25) is 0 Å². The number of hydrogen-bond acceptors (Lipinski definition) is 7. The molecule has 9 heteroatoms. The Balaban J connectivity index is 1.70. The van der Waals surface area contributed by atoms with E-state index in [0.717, 1.165) is 0 Å². The fourth-order valence-electron chi connectivity index (χ4n) is 4.50. The van der Waals surface area contributed by atoms with Gasteiger partial charge in [0.1, 0.15) is 17.6 Å². The minimum Gasteiger partial charge on any atom is -0.507 e. The molecule has 0 spiro atoms. The van der Waals surface area contributed by atoms with Crippen LogP contribution >= 0.6 is 0 Å². The van der Waals surface area contributed by atoms with Crippen molar-refractivity contribution in [2.75, 3.05) is 26.8 Å². The number of hydrogen-bond donors (Lipinski definition) is 1. The van der Waals surface area contributed by atoms with Crippen LogP contribution in [0.4, 0.5) is 4.79 Å². The summed E-state index contributed by atoms with van der Waals surface area (Å²) in [6, 6.07) is 10.7. The van der Waals surface area contributed by atoms with E-state index in [1.165, 1.54) is 12.0 Å². The smallest absolute Gasteiger partial charge is 0.409 e. The van der Waals surface area contributed by atoms with Gasteiger partial charge in [-0.15, -0.1) is 0 Å². The minimum atomic E-state index is -0.831. The molecule has 178 valence electrons. The highest BCUT2D eigenvalue weighted by Gasteiger charge is 2.50. The number of benzene rings is 1. The molecule has 0 saturated carbocycles. The summed E-state index contributed by atoms with van der Waals surface area (Å²) in [5.41, 5.74) is 0.892. The third-order valence-electron chi connectivity index (χ3n) is 6.20. The Morgan fingerprint density at radius 2 is 1.82 bits per heavy atom. The molecule has 0 bridgehead atoms. The van der Waals surface area contributed by atoms with Gasteiger partial charge in [-0.2, -0.15) is 0 Å². The molecule has 3 heterocycles. The predicted octanol–water partition coefficient (Wildman–Crippen LogP) is 3.13. The third-order valence-corrected chi connectivity index (χ3v) is 6.20. The largest absolute Gasteiger partial charge is 0.507 e. The maximum atomic E-state index is 13.2. The van der Waals surface area contributed by atoms with Gasteiger partial charge in [0.05, 0.1) is 25.0 Å². The monoisotopic (exact) mass is 465 g/mol. The Kier molecular flexibility index (Phi) is 6.81. The molecule has 2 aliphatic heterocycles. The highest BCUT2D eigenvalue weighted by atomic mass is 16.6. The van der Waals surface area contributed by atoms with E-state index in [9.17, 15) is 19.5 Å². The van der Waals surface area contributed by atoms with E-state index < -0.39 is 17.7 Å². The van der Waals surface area contributed by atoms with Crippen LogP contribution < -0.4 is 4.74 Å². The van der Waals surface area contributed by atoms with E-state index in [0.29, 0.717) is 49.5 Å². The number of pyridine rings is 1. The Labute approximate surface area is 197 Å². The third kappa shape index (κ3) is 4.33. The number of nitrogens with zero attached hydrogens (tertiary/aromatic N) is 3. The number of likely N-dealkylation sites (tertiary alicyclic amines) is 2. The Morgan fingerprint density at radius 3 is 2.41 bits per heavy atom. The molecular formula is C25H27N3O6. The fraction of sp³-hybridized carbons (Fsp3) is 0.360. The second-order valence-corrected chi connectivity index (χ2v) is 8.11. The van der Waals surface area contributed by atoms with Crippen molar-refractivity contribution in [1.29, 1.82) is 0 Å². The molecule has 2 fully saturated rings. The number of piperidine rings is 1. The molecule has 1 atom stereocenters. The number of aliphatic hydroxyl groups is 1. The second kappa shape index (κ2) is 9.94. The topological polar surface area (TPSA) is 109 Å². The van der Waals surface area contributed by atoms with Crippen molar-refractivity contribution in [2.24, 2.45) is 0 Å². The van der Waals surface area contributed by atoms with Crippen LogP contribution in [0.3, 0.4) is 0 Å². The standard InChI is InChI=1S/C25H27N3O6/c1-3-34-25(32)27-14-11-17(12-15-27)28-21(19-6-4-5-13-26-19)20(23(30)24(28)31)22(29)16-7-9-18(33-2)10-8-16/h4-10,13,17,21,29H,3,11-12,14-15H2,1-2H3/b22-20+. The lowest BCUT2D eigenvalue weighted by Crippen LogP contribution is -2.48. The molecule has 0 radical (unpaired) electrons. The van der Waals surface area contributed by atoms with Crippen molar-refractivity contribution in [1.82, 2.24) is 14.8 Å². The summed E-state index contributed by atoms with van der Waals surface area (Å²) in [5, 5.41) is 11.1. The molecule has 2 saturated heterocycles. The first-order valence-corrected chi connectivity index (χ1v) is 11.2. The quantitative estimate of drug-likeness (QED) is 0.410. The highest BCUT2D eigenvalue weighted by molar-refractivity contribution is 6.46. The highest BCUT2D eigenvalue weighted by Crippen LogP contribution is 2.41. The van der Waals surface area contributed by atoms with Crippen LogP contribution in [0.25, 0.3) is 5.76 Å². The van der Waals surface area contributed by atoms with Gasteiger partial charge in [0.15, 0.2) is 0 Å². The van der Waals surface area contributed by atoms with E-state index in [1.54, 1.807) is 60.5 Å². The van der Waals surface area contributed by atoms with E-state index >= 15 is 0 Å². The average Bonchev–Trinajstić information content (AvgIpc) is 3.14. The number of rotatable bonds is 5. The van der Waals surface area contributed by atoms with Crippen molar-refractivity contribution in [3.05, 3.63) is 65.5 Å². The van der Waals surface area contributed by atoms with Crippen molar-refractivity contribution in [3.8, 4) is 5.75 Å². The predicted molar refractivity (Wildman–Crippen MR) is 123 cm³/mol. The number of carbonyl (C=O) groups is 3. The molecule has 2 aromatic rings. The van der Waals surface area contributed by atoms with E-state index in [1.807, 2.05) is 0 Å². The van der Waals surface area contributed by atoms with Crippen molar-refractivity contribution < 1.29 is 29.0 Å². The van der Waals surface area contributed by atoms with E-state index in [-0.39, 0.29) is 23.5 Å². The summed E-state index contributed by atoms with van der Waals surface area (Å²) in [7, 11) is 1.54. The lowest BCUT2D eigenvalue weighted by Gasteiger charge is -2.38. The summed E-state index contributed by atoms with van der Waals surface area (Å²) in [4.78, 5) is 46.0. The molecule has 9 nitrogen and oxygen atoms in total. The van der Waals surface area contributed by atoms with Gasteiger partial charge in [-0.1, -0.05) is 6.07 Å². The van der Waals surface area contributed by atoms with E-state index in [4.69, 9.17) is 9.47 Å². The average molecular weight is 466 g/mol. The lowest BCUT2D eigenvalue weighted by molar-refractivity contribution is -0.142. The normalized spacial score (nSPS) is 20.5. The summed E-state index contributed by atoms with van der Waals surface area (Å²) in [6.07, 6.45) is 2.17. The van der Waals surface area contributed by atoms with Gasteiger partial charge < -0.3 is 24.4 Å². The molecule has 2 aliphatic rings. The molecule has 34 heavy (non-hydrogen) atoms. The Hall–Kier alpha value is -3.88. The lowest BCUT2D eigenvalue weighted by atomic mass is 9.96. The molecule has 1 aromatic carbocycles. The van der Waals surface area contributed by atoms with Crippen LogP contribution in [0.1, 0.15) is 37.1 Å². The number of amides is 2. The molecule has 0 aliphatic carbocycles. The van der Waals surface area contributed by atoms with Crippen LogP contribution in [-0.2, 0) is 14.3 Å². The number of ether oxygens (including phenoxy) is 2. The van der Waals surface area contributed by atoms with Gasteiger partial charge in [0.25, 0.3) is 11.7 Å². The molecular weight excluding hydrogens is 438 g/mol. The van der Waals surface area contributed by atoms with Gasteiger partial charge >= 0.3 is 6.09 Å². The van der Waals surface area contributed by atoms with Crippen LogP contribution in [0.15, 0.2) is 54.2 Å². The number of aromatic nitrogens is 1. The van der Waals surface area contributed by atoms with Gasteiger partial charge in [-0.25, -0.2) is 4.79 Å². The number of carbonyl (C=O) groups excluding carboxylic acids is 3.